The van der Waals surface area contributed by atoms with E-state index in [4.69, 9.17) is 11.6 Å². The van der Waals surface area contributed by atoms with Crippen molar-refractivity contribution in [3.8, 4) is 0 Å². The van der Waals surface area contributed by atoms with E-state index in [2.05, 4.69) is 16.0 Å². The minimum atomic E-state index is -0.280. The molecule has 1 saturated carbocycles. The van der Waals surface area contributed by atoms with Gasteiger partial charge in [0.25, 0.3) is 0 Å². The van der Waals surface area contributed by atoms with Crippen molar-refractivity contribution in [1.29, 1.82) is 0 Å². The summed E-state index contributed by atoms with van der Waals surface area (Å²) >= 11 is 5.88. The molecule has 0 bridgehead atoms. The van der Waals surface area contributed by atoms with Crippen LogP contribution in [0.5, 0.6) is 0 Å². The van der Waals surface area contributed by atoms with Crippen LogP contribution < -0.4 is 16.0 Å². The van der Waals surface area contributed by atoms with E-state index in [0.29, 0.717) is 24.0 Å². The van der Waals surface area contributed by atoms with Gasteiger partial charge in [0, 0.05) is 17.6 Å². The van der Waals surface area contributed by atoms with Crippen molar-refractivity contribution in [1.82, 2.24) is 16.0 Å². The highest BCUT2D eigenvalue weighted by atomic mass is 35.5. The Hall–Kier alpha value is -1.75. The highest BCUT2D eigenvalue weighted by Crippen LogP contribution is 2.18. The molecule has 0 aliphatic heterocycles. The Balaban J connectivity index is 1.58. The summed E-state index contributed by atoms with van der Waals surface area (Å²) in [5.74, 6) is -0.196. The van der Waals surface area contributed by atoms with Crippen LogP contribution >= 0.6 is 11.6 Å². The lowest BCUT2D eigenvalue weighted by Gasteiger charge is -2.08. The van der Waals surface area contributed by atoms with Crippen LogP contribution in [0.1, 0.15) is 18.4 Å². The Morgan fingerprint density at radius 2 is 2.05 bits per heavy atom. The summed E-state index contributed by atoms with van der Waals surface area (Å²) in [5.41, 5.74) is 1.07. The summed E-state index contributed by atoms with van der Waals surface area (Å²) in [6, 6.07) is 7.53. The molecule has 20 heavy (non-hydrogen) atoms. The number of hydrogen-bond acceptors (Lipinski definition) is 2. The first-order chi connectivity index (χ1) is 9.63. The van der Waals surface area contributed by atoms with Gasteiger partial charge >= 0.3 is 6.03 Å². The van der Waals surface area contributed by atoms with E-state index >= 15 is 0 Å². The summed E-state index contributed by atoms with van der Waals surface area (Å²) < 4.78 is 0. The molecule has 0 saturated heterocycles. The monoisotopic (exact) mass is 295 g/mol. The van der Waals surface area contributed by atoms with Crippen LogP contribution in [0.15, 0.2) is 24.3 Å². The third-order valence-electron chi connectivity index (χ3n) is 2.95. The third-order valence-corrected chi connectivity index (χ3v) is 3.18. The van der Waals surface area contributed by atoms with E-state index in [0.717, 1.165) is 18.4 Å². The average molecular weight is 296 g/mol. The van der Waals surface area contributed by atoms with Crippen molar-refractivity contribution in [3.63, 3.8) is 0 Å². The number of urea groups is 1. The van der Waals surface area contributed by atoms with E-state index < -0.39 is 0 Å². The van der Waals surface area contributed by atoms with Crippen molar-refractivity contribution >= 4 is 23.5 Å². The van der Waals surface area contributed by atoms with Crippen molar-refractivity contribution in [2.24, 2.45) is 0 Å². The van der Waals surface area contributed by atoms with Crippen LogP contribution in [0.2, 0.25) is 5.02 Å². The van der Waals surface area contributed by atoms with Crippen LogP contribution in [0.3, 0.4) is 0 Å². The lowest BCUT2D eigenvalue weighted by Crippen LogP contribution is -2.43. The van der Waals surface area contributed by atoms with Gasteiger partial charge in [0.1, 0.15) is 0 Å². The SMILES string of the molecule is O=C(CNC(=O)NC1CC1)NCCc1cccc(Cl)c1. The Morgan fingerprint density at radius 3 is 2.75 bits per heavy atom. The zero-order valence-electron chi connectivity index (χ0n) is 11.1. The Bertz CT molecular complexity index is 489. The fourth-order valence-corrected chi connectivity index (χ4v) is 1.94. The zero-order chi connectivity index (χ0) is 14.4. The number of halogens is 1. The molecule has 6 heteroatoms. The lowest BCUT2D eigenvalue weighted by atomic mass is 10.1. The first kappa shape index (κ1) is 14.7. The van der Waals surface area contributed by atoms with Crippen molar-refractivity contribution in [3.05, 3.63) is 34.9 Å². The predicted octanol–water partition coefficient (Wildman–Crippen LogP) is 1.46. The van der Waals surface area contributed by atoms with E-state index in [1.54, 1.807) is 0 Å². The van der Waals surface area contributed by atoms with E-state index in [1.165, 1.54) is 0 Å². The summed E-state index contributed by atoms with van der Waals surface area (Å²) in [4.78, 5) is 22.8. The van der Waals surface area contributed by atoms with E-state index in [1.807, 2.05) is 24.3 Å². The molecule has 0 atom stereocenters. The number of benzene rings is 1. The van der Waals surface area contributed by atoms with Gasteiger partial charge in [0.2, 0.25) is 5.91 Å². The highest BCUT2D eigenvalue weighted by Gasteiger charge is 2.23. The standard InChI is InChI=1S/C14H18ClN3O2/c15-11-3-1-2-10(8-11)6-7-16-13(19)9-17-14(20)18-12-4-5-12/h1-3,8,12H,4-7,9H2,(H,16,19)(H2,17,18,20). The van der Waals surface area contributed by atoms with Gasteiger partial charge in [-0.05, 0) is 37.0 Å². The number of rotatable bonds is 6. The largest absolute Gasteiger partial charge is 0.354 e. The maximum atomic E-state index is 11.5. The van der Waals surface area contributed by atoms with Gasteiger partial charge in [0.05, 0.1) is 6.54 Å². The van der Waals surface area contributed by atoms with Gasteiger partial charge in [-0.15, -0.1) is 0 Å². The van der Waals surface area contributed by atoms with Crippen molar-refractivity contribution < 1.29 is 9.59 Å². The Labute approximate surface area is 123 Å². The molecule has 1 aromatic carbocycles. The molecule has 0 aromatic heterocycles. The van der Waals surface area contributed by atoms with E-state index in [9.17, 15) is 9.59 Å². The second kappa shape index (κ2) is 7.14. The number of carbonyl (C=O) groups is 2. The molecule has 2 rings (SSSR count). The zero-order valence-corrected chi connectivity index (χ0v) is 11.9. The molecule has 1 aliphatic rings. The van der Waals surface area contributed by atoms with Gasteiger partial charge in [-0.25, -0.2) is 4.79 Å². The summed E-state index contributed by atoms with van der Waals surface area (Å²) in [7, 11) is 0. The van der Waals surface area contributed by atoms with Gasteiger partial charge in [-0.2, -0.15) is 0 Å². The van der Waals surface area contributed by atoms with Crippen LogP contribution in [0.25, 0.3) is 0 Å². The predicted molar refractivity (Wildman–Crippen MR) is 77.7 cm³/mol. The number of amides is 3. The van der Waals surface area contributed by atoms with Gasteiger partial charge in [0.15, 0.2) is 0 Å². The highest BCUT2D eigenvalue weighted by molar-refractivity contribution is 6.30. The fourth-order valence-electron chi connectivity index (χ4n) is 1.73. The normalized spacial score (nSPS) is 13.7. The lowest BCUT2D eigenvalue weighted by molar-refractivity contribution is -0.120. The summed E-state index contributed by atoms with van der Waals surface area (Å²) in [5, 5.41) is 8.72. The maximum Gasteiger partial charge on any atom is 0.315 e. The van der Waals surface area contributed by atoms with Crippen molar-refractivity contribution in [2.75, 3.05) is 13.1 Å². The Morgan fingerprint density at radius 1 is 1.25 bits per heavy atom. The summed E-state index contributed by atoms with van der Waals surface area (Å²) in [6.07, 6.45) is 2.76. The molecule has 0 spiro atoms. The minimum absolute atomic E-state index is 0.00585. The molecule has 0 heterocycles. The molecule has 3 amide bonds. The van der Waals surface area contributed by atoms with Gasteiger partial charge < -0.3 is 16.0 Å². The molecule has 1 fully saturated rings. The number of hydrogen-bond donors (Lipinski definition) is 3. The smallest absolute Gasteiger partial charge is 0.315 e. The van der Waals surface area contributed by atoms with Gasteiger partial charge in [-0.3, -0.25) is 4.79 Å². The second-order valence-electron chi connectivity index (χ2n) is 4.83. The number of nitrogens with one attached hydrogen (secondary N) is 3. The molecule has 5 nitrogen and oxygen atoms in total. The molecule has 1 aromatic rings. The second-order valence-corrected chi connectivity index (χ2v) is 5.27. The first-order valence-corrected chi connectivity index (χ1v) is 7.07. The Kier molecular flexibility index (Phi) is 5.24. The average Bonchev–Trinajstić information content (AvgIpc) is 3.20. The molecule has 0 radical (unpaired) electrons. The fraction of sp³-hybridized carbons (Fsp3) is 0.429. The minimum Gasteiger partial charge on any atom is -0.354 e. The first-order valence-electron chi connectivity index (χ1n) is 6.69. The van der Waals surface area contributed by atoms with Crippen LogP contribution in [0.4, 0.5) is 4.79 Å². The quantitative estimate of drug-likeness (QED) is 0.743. The molecule has 0 unspecified atom stereocenters. The maximum absolute atomic E-state index is 11.5. The molecular formula is C14H18ClN3O2. The molecule has 3 N–H and O–H groups in total. The topological polar surface area (TPSA) is 70.2 Å². The molecule has 108 valence electrons. The van der Waals surface area contributed by atoms with Crippen LogP contribution in [-0.4, -0.2) is 31.1 Å². The third kappa shape index (κ3) is 5.48. The molecular weight excluding hydrogens is 278 g/mol. The van der Waals surface area contributed by atoms with Crippen LogP contribution in [0, 0.1) is 0 Å². The van der Waals surface area contributed by atoms with Crippen molar-refractivity contribution in [2.45, 2.75) is 25.3 Å². The number of carbonyl (C=O) groups excluding carboxylic acids is 2. The van der Waals surface area contributed by atoms with Gasteiger partial charge in [-0.1, -0.05) is 23.7 Å². The summed E-state index contributed by atoms with van der Waals surface area (Å²) in [6.45, 7) is 0.513. The molecule has 1 aliphatic carbocycles. The van der Waals surface area contributed by atoms with E-state index in [-0.39, 0.29) is 18.5 Å². The van der Waals surface area contributed by atoms with Crippen LogP contribution in [-0.2, 0) is 11.2 Å².